The summed E-state index contributed by atoms with van der Waals surface area (Å²) >= 11 is 6.54. The first kappa shape index (κ1) is 23.9. The lowest BCUT2D eigenvalue weighted by atomic mass is 9.95. The molecule has 2 atom stereocenters. The van der Waals surface area contributed by atoms with Gasteiger partial charge in [0, 0.05) is 30.7 Å². The minimum Gasteiger partial charge on any atom is -0.308 e. The molecule has 0 saturated heterocycles. The molecule has 0 radical (unpaired) electrons. The molecule has 0 spiro atoms. The lowest BCUT2D eigenvalue weighted by Crippen LogP contribution is -2.45. The lowest BCUT2D eigenvalue weighted by molar-refractivity contribution is 0.102. The summed E-state index contributed by atoms with van der Waals surface area (Å²) in [5.41, 5.74) is 4.03. The zero-order chi connectivity index (χ0) is 21.4. The third kappa shape index (κ3) is 7.77. The number of benzene rings is 2. The van der Waals surface area contributed by atoms with Gasteiger partial charge in [-0.1, -0.05) is 88.2 Å². The van der Waals surface area contributed by atoms with E-state index >= 15 is 0 Å². The highest BCUT2D eigenvalue weighted by Crippen LogP contribution is 2.25. The standard InChI is InChI=1S/C26H39ClN2/c1-7-21(4)26(19-28(5)6)29(18-24-13-8-9-14-25(24)27)17-23-12-10-11-22(16-23)15-20(2)3/h8-14,16,20-21,26H,7,15,17-19H2,1-6H3/t21-,26+/m0/s1. The van der Waals surface area contributed by atoms with Crippen molar-refractivity contribution < 1.29 is 0 Å². The van der Waals surface area contributed by atoms with E-state index in [9.17, 15) is 0 Å². The number of halogens is 1. The van der Waals surface area contributed by atoms with Crippen molar-refractivity contribution in [2.24, 2.45) is 11.8 Å². The predicted molar refractivity (Wildman–Crippen MR) is 127 cm³/mol. The Kier molecular flexibility index (Phi) is 9.68. The van der Waals surface area contributed by atoms with E-state index in [1.54, 1.807) is 0 Å². The summed E-state index contributed by atoms with van der Waals surface area (Å²) < 4.78 is 0. The first-order valence-corrected chi connectivity index (χ1v) is 11.4. The maximum atomic E-state index is 6.54. The maximum absolute atomic E-state index is 6.54. The predicted octanol–water partition coefficient (Wildman–Crippen LogP) is 6.52. The first-order chi connectivity index (χ1) is 13.8. The molecule has 3 heteroatoms. The molecule has 0 unspecified atom stereocenters. The van der Waals surface area contributed by atoms with Gasteiger partial charge in [0.05, 0.1) is 0 Å². The molecule has 2 aromatic rings. The van der Waals surface area contributed by atoms with Gasteiger partial charge in [0.2, 0.25) is 0 Å². The molecule has 0 saturated carbocycles. The molecular formula is C26H39ClN2. The fourth-order valence-corrected chi connectivity index (χ4v) is 4.19. The van der Waals surface area contributed by atoms with Crippen LogP contribution in [0.5, 0.6) is 0 Å². The Bertz CT molecular complexity index is 741. The number of rotatable bonds is 11. The Morgan fingerprint density at radius 2 is 1.59 bits per heavy atom. The van der Waals surface area contributed by atoms with Crippen LogP contribution in [-0.4, -0.2) is 36.5 Å². The normalized spacial score (nSPS) is 14.0. The summed E-state index contributed by atoms with van der Waals surface area (Å²) in [7, 11) is 4.35. The summed E-state index contributed by atoms with van der Waals surface area (Å²) in [5, 5.41) is 0.860. The average Bonchev–Trinajstić information content (AvgIpc) is 2.66. The number of hydrogen-bond donors (Lipinski definition) is 0. The zero-order valence-corrected chi connectivity index (χ0v) is 19.9. The van der Waals surface area contributed by atoms with Crippen LogP contribution in [0.1, 0.15) is 50.8 Å². The Hall–Kier alpha value is -1.35. The highest BCUT2D eigenvalue weighted by molar-refractivity contribution is 6.31. The lowest BCUT2D eigenvalue weighted by Gasteiger charge is -2.37. The van der Waals surface area contributed by atoms with Crippen LogP contribution in [0.3, 0.4) is 0 Å². The summed E-state index contributed by atoms with van der Waals surface area (Å²) in [5.74, 6) is 1.28. The Morgan fingerprint density at radius 3 is 2.21 bits per heavy atom. The van der Waals surface area contributed by atoms with Gasteiger partial charge in [-0.3, -0.25) is 4.90 Å². The van der Waals surface area contributed by atoms with Gasteiger partial charge in [0.1, 0.15) is 0 Å². The Labute approximate surface area is 183 Å². The van der Waals surface area contributed by atoms with Gasteiger partial charge in [0.25, 0.3) is 0 Å². The van der Waals surface area contributed by atoms with Crippen molar-refractivity contribution >= 4 is 11.6 Å². The third-order valence-corrected chi connectivity index (χ3v) is 6.04. The van der Waals surface area contributed by atoms with Crippen LogP contribution in [-0.2, 0) is 19.5 Å². The maximum Gasteiger partial charge on any atom is 0.0451 e. The molecule has 0 aliphatic heterocycles. The van der Waals surface area contributed by atoms with Crippen molar-refractivity contribution in [1.29, 1.82) is 0 Å². The van der Waals surface area contributed by atoms with Crippen LogP contribution in [0.2, 0.25) is 5.02 Å². The minimum absolute atomic E-state index is 0.472. The van der Waals surface area contributed by atoms with Crippen molar-refractivity contribution in [3.05, 3.63) is 70.2 Å². The summed E-state index contributed by atoms with van der Waals surface area (Å²) in [6, 6.07) is 17.9. The molecule has 0 N–H and O–H groups in total. The van der Waals surface area contributed by atoms with E-state index < -0.39 is 0 Å². The number of nitrogens with zero attached hydrogens (tertiary/aromatic N) is 2. The molecule has 0 aliphatic carbocycles. The second-order valence-electron chi connectivity index (χ2n) is 9.13. The molecule has 160 valence electrons. The molecule has 2 rings (SSSR count). The molecule has 0 amide bonds. The van der Waals surface area contributed by atoms with Gasteiger partial charge in [-0.25, -0.2) is 0 Å². The average molecular weight is 415 g/mol. The van der Waals surface area contributed by atoms with Crippen LogP contribution >= 0.6 is 11.6 Å². The monoisotopic (exact) mass is 414 g/mol. The first-order valence-electron chi connectivity index (χ1n) is 11.0. The molecule has 2 nitrogen and oxygen atoms in total. The fraction of sp³-hybridized carbons (Fsp3) is 0.538. The molecule has 0 heterocycles. The van der Waals surface area contributed by atoms with E-state index in [0.29, 0.717) is 17.9 Å². The van der Waals surface area contributed by atoms with Crippen molar-refractivity contribution in [2.75, 3.05) is 20.6 Å². The zero-order valence-electron chi connectivity index (χ0n) is 19.2. The smallest absolute Gasteiger partial charge is 0.0451 e. The minimum atomic E-state index is 0.472. The van der Waals surface area contributed by atoms with Gasteiger partial charge >= 0.3 is 0 Å². The van der Waals surface area contributed by atoms with Crippen LogP contribution < -0.4 is 0 Å². The van der Waals surface area contributed by atoms with Gasteiger partial charge in [-0.2, -0.15) is 0 Å². The molecule has 29 heavy (non-hydrogen) atoms. The molecule has 0 aromatic heterocycles. The SMILES string of the molecule is CC[C@H](C)[C@@H](CN(C)C)N(Cc1cccc(CC(C)C)c1)Cc1ccccc1Cl. The van der Waals surface area contributed by atoms with E-state index in [1.807, 2.05) is 12.1 Å². The van der Waals surface area contributed by atoms with Gasteiger partial charge in [0.15, 0.2) is 0 Å². The molecule has 0 aliphatic rings. The Balaban J connectivity index is 2.33. The van der Waals surface area contributed by atoms with Gasteiger partial charge in [-0.05, 0) is 55.1 Å². The van der Waals surface area contributed by atoms with E-state index in [1.165, 1.54) is 23.1 Å². The van der Waals surface area contributed by atoms with Gasteiger partial charge < -0.3 is 4.90 Å². The highest BCUT2D eigenvalue weighted by Gasteiger charge is 2.25. The highest BCUT2D eigenvalue weighted by atomic mass is 35.5. The third-order valence-electron chi connectivity index (χ3n) is 5.67. The van der Waals surface area contributed by atoms with E-state index in [-0.39, 0.29) is 0 Å². The number of likely N-dealkylation sites (N-methyl/N-ethyl adjacent to an activating group) is 1. The van der Waals surface area contributed by atoms with Crippen molar-refractivity contribution in [2.45, 2.75) is 59.7 Å². The number of hydrogen-bond acceptors (Lipinski definition) is 2. The fourth-order valence-electron chi connectivity index (χ4n) is 4.00. The van der Waals surface area contributed by atoms with Crippen molar-refractivity contribution in [3.8, 4) is 0 Å². The van der Waals surface area contributed by atoms with Crippen LogP contribution in [0.25, 0.3) is 0 Å². The van der Waals surface area contributed by atoms with E-state index in [2.05, 4.69) is 88.0 Å². The second-order valence-corrected chi connectivity index (χ2v) is 9.54. The van der Waals surface area contributed by atoms with Gasteiger partial charge in [-0.15, -0.1) is 0 Å². The summed E-state index contributed by atoms with van der Waals surface area (Å²) in [4.78, 5) is 4.94. The molecular weight excluding hydrogens is 376 g/mol. The van der Waals surface area contributed by atoms with E-state index in [4.69, 9.17) is 11.6 Å². The van der Waals surface area contributed by atoms with Crippen LogP contribution in [0.4, 0.5) is 0 Å². The largest absolute Gasteiger partial charge is 0.308 e. The summed E-state index contributed by atoms with van der Waals surface area (Å²) in [6.45, 7) is 12.1. The van der Waals surface area contributed by atoms with Crippen LogP contribution in [0, 0.1) is 11.8 Å². The molecule has 0 bridgehead atoms. The van der Waals surface area contributed by atoms with Crippen LogP contribution in [0.15, 0.2) is 48.5 Å². The molecule has 2 aromatic carbocycles. The topological polar surface area (TPSA) is 6.48 Å². The molecule has 0 fully saturated rings. The summed E-state index contributed by atoms with van der Waals surface area (Å²) in [6.07, 6.45) is 2.30. The van der Waals surface area contributed by atoms with Crippen molar-refractivity contribution in [1.82, 2.24) is 9.80 Å². The quantitative estimate of drug-likeness (QED) is 0.413. The van der Waals surface area contributed by atoms with Crippen molar-refractivity contribution in [3.63, 3.8) is 0 Å². The van der Waals surface area contributed by atoms with E-state index in [0.717, 1.165) is 31.1 Å². The Morgan fingerprint density at radius 1 is 0.897 bits per heavy atom. The second kappa shape index (κ2) is 11.7.